The first-order valence-electron chi connectivity index (χ1n) is 7.96. The number of amides is 5. The predicted molar refractivity (Wildman–Crippen MR) is 91.0 cm³/mol. The fraction of sp³-hybridized carbons (Fsp3) is 0.0526. The third kappa shape index (κ3) is 1.61. The number of rotatable bonds is 1. The van der Waals surface area contributed by atoms with Gasteiger partial charge in [0.25, 0.3) is 17.7 Å². The topological polar surface area (TPSA) is 95.6 Å². The molecule has 0 saturated carbocycles. The Balaban J connectivity index is 1.77. The van der Waals surface area contributed by atoms with Gasteiger partial charge < -0.3 is 5.32 Å². The van der Waals surface area contributed by atoms with Gasteiger partial charge in [-0.3, -0.25) is 19.7 Å². The van der Waals surface area contributed by atoms with E-state index in [2.05, 4.69) is 10.6 Å². The second-order valence-electron chi connectivity index (χ2n) is 6.28. The average Bonchev–Trinajstić information content (AvgIpc) is 3.22. The molecular weight excluding hydrogens is 334 g/mol. The highest BCUT2D eigenvalue weighted by Crippen LogP contribution is 2.49. The molecule has 0 radical (unpaired) electrons. The van der Waals surface area contributed by atoms with E-state index in [0.717, 1.165) is 16.0 Å². The van der Waals surface area contributed by atoms with Crippen molar-refractivity contribution in [2.45, 2.75) is 5.54 Å². The molecule has 5 amide bonds. The fourth-order valence-corrected chi connectivity index (χ4v) is 3.90. The van der Waals surface area contributed by atoms with Crippen molar-refractivity contribution in [3.63, 3.8) is 0 Å². The van der Waals surface area contributed by atoms with Crippen LogP contribution in [0, 0.1) is 0 Å². The quantitative estimate of drug-likeness (QED) is 0.599. The number of nitrogens with one attached hydrogen (secondary N) is 2. The SMILES string of the molecule is O=C1NC(=O)C2(N1)c1ccccc1-c1ccc(N3C(=O)C=CC3=O)cc12. The number of urea groups is 1. The highest BCUT2D eigenvalue weighted by Gasteiger charge is 2.55. The summed E-state index contributed by atoms with van der Waals surface area (Å²) in [5, 5.41) is 5.02. The molecule has 0 aromatic heterocycles. The van der Waals surface area contributed by atoms with E-state index >= 15 is 0 Å². The molecule has 5 rings (SSSR count). The average molecular weight is 345 g/mol. The number of benzene rings is 2. The van der Waals surface area contributed by atoms with E-state index < -0.39 is 29.3 Å². The largest absolute Gasteiger partial charge is 0.322 e. The van der Waals surface area contributed by atoms with Crippen LogP contribution in [0.4, 0.5) is 10.5 Å². The fourth-order valence-electron chi connectivity index (χ4n) is 3.90. The van der Waals surface area contributed by atoms with Gasteiger partial charge in [0.05, 0.1) is 5.69 Å². The number of imide groups is 2. The van der Waals surface area contributed by atoms with Crippen LogP contribution in [0.15, 0.2) is 54.6 Å². The molecule has 1 atom stereocenters. The maximum absolute atomic E-state index is 12.7. The standard InChI is InChI=1S/C19H11N3O4/c23-15-7-8-16(24)22(15)10-5-6-12-11-3-1-2-4-13(11)19(14(12)9-10)17(25)20-18(26)21-19/h1-9H,(H2,20,21,25,26). The van der Waals surface area contributed by atoms with Crippen LogP contribution < -0.4 is 15.5 Å². The van der Waals surface area contributed by atoms with Crippen molar-refractivity contribution in [3.8, 4) is 11.1 Å². The number of hydrogen-bond donors (Lipinski definition) is 2. The van der Waals surface area contributed by atoms with Crippen LogP contribution in [-0.4, -0.2) is 23.8 Å². The minimum absolute atomic E-state index is 0.352. The molecule has 2 aliphatic heterocycles. The molecule has 126 valence electrons. The summed E-state index contributed by atoms with van der Waals surface area (Å²) in [5.41, 5.74) is 1.78. The van der Waals surface area contributed by atoms with Crippen LogP contribution in [-0.2, 0) is 19.9 Å². The summed E-state index contributed by atoms with van der Waals surface area (Å²) < 4.78 is 0. The van der Waals surface area contributed by atoms with Crippen molar-refractivity contribution >= 4 is 29.4 Å². The summed E-state index contributed by atoms with van der Waals surface area (Å²) in [5.74, 6) is -1.37. The first-order valence-corrected chi connectivity index (χ1v) is 7.96. The van der Waals surface area contributed by atoms with Crippen molar-refractivity contribution in [3.05, 3.63) is 65.7 Å². The molecule has 0 bridgehead atoms. The predicted octanol–water partition coefficient (Wildman–Crippen LogP) is 1.18. The molecule has 1 spiro atoms. The van der Waals surface area contributed by atoms with Gasteiger partial charge >= 0.3 is 6.03 Å². The second-order valence-corrected chi connectivity index (χ2v) is 6.28. The lowest BCUT2D eigenvalue weighted by atomic mass is 9.87. The zero-order chi connectivity index (χ0) is 18.1. The summed E-state index contributed by atoms with van der Waals surface area (Å²) in [6.45, 7) is 0. The summed E-state index contributed by atoms with van der Waals surface area (Å²) in [4.78, 5) is 49.7. The minimum Gasteiger partial charge on any atom is -0.316 e. The van der Waals surface area contributed by atoms with E-state index in [9.17, 15) is 19.2 Å². The Labute approximate surface area is 147 Å². The number of anilines is 1. The van der Waals surface area contributed by atoms with Gasteiger partial charge in [-0.1, -0.05) is 30.3 Å². The Morgan fingerprint density at radius 2 is 1.50 bits per heavy atom. The van der Waals surface area contributed by atoms with Gasteiger partial charge in [-0.15, -0.1) is 0 Å². The molecule has 1 unspecified atom stereocenters. The molecule has 1 fully saturated rings. The van der Waals surface area contributed by atoms with Crippen LogP contribution in [0.1, 0.15) is 11.1 Å². The van der Waals surface area contributed by atoms with E-state index in [0.29, 0.717) is 16.8 Å². The highest BCUT2D eigenvalue weighted by atomic mass is 16.2. The summed E-state index contributed by atoms with van der Waals surface area (Å²) in [6, 6.07) is 11.7. The Morgan fingerprint density at radius 3 is 2.19 bits per heavy atom. The van der Waals surface area contributed by atoms with Crippen molar-refractivity contribution in [1.29, 1.82) is 0 Å². The molecule has 2 aromatic rings. The molecule has 26 heavy (non-hydrogen) atoms. The van der Waals surface area contributed by atoms with Gasteiger partial charge in [0.15, 0.2) is 5.54 Å². The Morgan fingerprint density at radius 1 is 0.808 bits per heavy atom. The molecule has 7 heteroatoms. The lowest BCUT2D eigenvalue weighted by Gasteiger charge is -2.24. The zero-order valence-corrected chi connectivity index (χ0v) is 13.3. The summed E-state index contributed by atoms with van der Waals surface area (Å²) in [6.07, 6.45) is 2.40. The molecule has 3 aliphatic rings. The number of fused-ring (bicyclic) bond motifs is 5. The van der Waals surface area contributed by atoms with E-state index in [1.807, 2.05) is 12.1 Å². The first kappa shape index (κ1) is 14.6. The summed E-state index contributed by atoms with van der Waals surface area (Å²) in [7, 11) is 0. The number of nitrogens with zero attached hydrogens (tertiary/aromatic N) is 1. The maximum Gasteiger partial charge on any atom is 0.322 e. The third-order valence-electron chi connectivity index (χ3n) is 4.96. The van der Waals surface area contributed by atoms with Gasteiger partial charge in [0.1, 0.15) is 0 Å². The second kappa shape index (κ2) is 4.66. The van der Waals surface area contributed by atoms with Crippen molar-refractivity contribution in [2.75, 3.05) is 4.90 Å². The monoisotopic (exact) mass is 345 g/mol. The molecule has 2 aromatic carbocycles. The Kier molecular flexibility index (Phi) is 2.62. The van der Waals surface area contributed by atoms with Crippen LogP contribution in [0.2, 0.25) is 0 Å². The molecule has 7 nitrogen and oxygen atoms in total. The number of carbonyl (C=O) groups is 4. The van der Waals surface area contributed by atoms with Gasteiger partial charge in [-0.05, 0) is 28.8 Å². The molecular formula is C19H11N3O4. The van der Waals surface area contributed by atoms with E-state index in [-0.39, 0.29) is 0 Å². The number of carbonyl (C=O) groups excluding carboxylic acids is 4. The maximum atomic E-state index is 12.7. The van der Waals surface area contributed by atoms with Crippen LogP contribution in [0.5, 0.6) is 0 Å². The third-order valence-corrected chi connectivity index (χ3v) is 4.96. The van der Waals surface area contributed by atoms with Crippen molar-refractivity contribution in [2.24, 2.45) is 0 Å². The molecule has 2 heterocycles. The molecule has 1 aliphatic carbocycles. The lowest BCUT2D eigenvalue weighted by Crippen LogP contribution is -2.43. The van der Waals surface area contributed by atoms with Gasteiger partial charge in [-0.25, -0.2) is 9.69 Å². The van der Waals surface area contributed by atoms with Gasteiger partial charge in [-0.2, -0.15) is 0 Å². The van der Waals surface area contributed by atoms with Crippen molar-refractivity contribution in [1.82, 2.24) is 10.6 Å². The smallest absolute Gasteiger partial charge is 0.316 e. The normalized spacial score (nSPS) is 22.7. The van der Waals surface area contributed by atoms with Crippen LogP contribution in [0.25, 0.3) is 11.1 Å². The van der Waals surface area contributed by atoms with Crippen LogP contribution >= 0.6 is 0 Å². The first-order chi connectivity index (χ1) is 12.5. The number of hydrogen-bond acceptors (Lipinski definition) is 4. The van der Waals surface area contributed by atoms with Crippen molar-refractivity contribution < 1.29 is 19.2 Å². The zero-order valence-electron chi connectivity index (χ0n) is 13.3. The van der Waals surface area contributed by atoms with Gasteiger partial charge in [0.2, 0.25) is 0 Å². The van der Waals surface area contributed by atoms with E-state index in [4.69, 9.17) is 0 Å². The minimum atomic E-state index is -1.36. The summed E-state index contributed by atoms with van der Waals surface area (Å²) >= 11 is 0. The highest BCUT2D eigenvalue weighted by molar-refractivity contribution is 6.28. The lowest BCUT2D eigenvalue weighted by molar-refractivity contribution is -0.123. The van der Waals surface area contributed by atoms with Gasteiger partial charge in [0, 0.05) is 17.7 Å². The van der Waals surface area contributed by atoms with E-state index in [1.165, 1.54) is 12.2 Å². The Bertz CT molecular complexity index is 1070. The van der Waals surface area contributed by atoms with E-state index in [1.54, 1.807) is 30.3 Å². The molecule has 1 saturated heterocycles. The van der Waals surface area contributed by atoms with Crippen LogP contribution in [0.3, 0.4) is 0 Å². The molecule has 2 N–H and O–H groups in total. The Hall–Kier alpha value is -3.74.